The highest BCUT2D eigenvalue weighted by molar-refractivity contribution is 5.82. The lowest BCUT2D eigenvalue weighted by molar-refractivity contribution is 0.462. The van der Waals surface area contributed by atoms with Crippen molar-refractivity contribution < 1.29 is 0 Å². The fourth-order valence-electron chi connectivity index (χ4n) is 4.35. The molecule has 0 atom stereocenters. The van der Waals surface area contributed by atoms with Crippen molar-refractivity contribution in [1.29, 1.82) is 5.26 Å². The average molecular weight is 347 g/mol. The Hall–Kier alpha value is -2.74. The number of rotatable bonds is 3. The van der Waals surface area contributed by atoms with Crippen LogP contribution < -0.4 is 5.32 Å². The van der Waals surface area contributed by atoms with Crippen molar-refractivity contribution >= 4 is 11.5 Å². The van der Waals surface area contributed by atoms with Crippen molar-refractivity contribution in [2.75, 3.05) is 5.32 Å². The third kappa shape index (κ3) is 2.76. The molecule has 134 valence electrons. The maximum atomic E-state index is 9.40. The Balaban J connectivity index is 1.89. The van der Waals surface area contributed by atoms with Crippen molar-refractivity contribution in [1.82, 2.24) is 14.4 Å². The molecule has 4 rings (SSSR count). The number of aryl methyl sites for hydroxylation is 3. The van der Waals surface area contributed by atoms with E-state index in [2.05, 4.69) is 54.3 Å². The summed E-state index contributed by atoms with van der Waals surface area (Å²) < 4.78 is 2.00. The first-order valence-corrected chi connectivity index (χ1v) is 9.42. The molecule has 2 aromatic heterocycles. The second kappa shape index (κ2) is 6.53. The Morgan fingerprint density at radius 3 is 2.50 bits per heavy atom. The molecule has 1 aromatic carbocycles. The van der Waals surface area contributed by atoms with Crippen LogP contribution in [-0.2, 0) is 0 Å². The minimum atomic E-state index is 0.436. The molecule has 0 amide bonds. The van der Waals surface area contributed by atoms with Crippen LogP contribution in [0.4, 0.5) is 5.82 Å². The number of nitriles is 1. The molecule has 0 aliphatic heterocycles. The summed E-state index contributed by atoms with van der Waals surface area (Å²) in [6.45, 7) is 6.43. The van der Waals surface area contributed by atoms with Crippen LogP contribution in [0.15, 0.2) is 18.5 Å². The standard InChI is InChI=1S/C21H25N5/c1-13-9-14(2)18(15(3)10-13)19-21(24-16-7-5-4-6-8-16)26-12-23-17(11-22)20(26)25-19/h9-10,12,16,24-25H,4-8H2,1-3H3. The van der Waals surface area contributed by atoms with Gasteiger partial charge in [0.05, 0.1) is 5.69 Å². The van der Waals surface area contributed by atoms with E-state index in [0.29, 0.717) is 11.7 Å². The third-order valence-corrected chi connectivity index (χ3v) is 5.47. The Kier molecular flexibility index (Phi) is 4.20. The Morgan fingerprint density at radius 1 is 1.15 bits per heavy atom. The zero-order valence-corrected chi connectivity index (χ0v) is 15.7. The Labute approximate surface area is 154 Å². The summed E-state index contributed by atoms with van der Waals surface area (Å²) in [5, 5.41) is 13.2. The minimum Gasteiger partial charge on any atom is -0.367 e. The van der Waals surface area contributed by atoms with Gasteiger partial charge >= 0.3 is 0 Å². The van der Waals surface area contributed by atoms with Gasteiger partial charge in [-0.15, -0.1) is 0 Å². The lowest BCUT2D eigenvalue weighted by atomic mass is 9.94. The quantitative estimate of drug-likeness (QED) is 0.710. The molecule has 5 nitrogen and oxygen atoms in total. The smallest absolute Gasteiger partial charge is 0.183 e. The summed E-state index contributed by atoms with van der Waals surface area (Å²) in [5.74, 6) is 1.02. The molecule has 26 heavy (non-hydrogen) atoms. The molecule has 1 fully saturated rings. The molecule has 0 saturated heterocycles. The first-order chi connectivity index (χ1) is 12.6. The number of hydrogen-bond acceptors (Lipinski definition) is 3. The second-order valence-corrected chi connectivity index (χ2v) is 7.53. The number of nitrogens with zero attached hydrogens (tertiary/aromatic N) is 3. The van der Waals surface area contributed by atoms with Gasteiger partial charge in [0.2, 0.25) is 0 Å². The number of nitrogens with one attached hydrogen (secondary N) is 2. The molecule has 1 aliphatic carbocycles. The molecule has 2 heterocycles. The molecule has 1 aliphatic rings. The van der Waals surface area contributed by atoms with Gasteiger partial charge in [0.1, 0.15) is 18.2 Å². The summed E-state index contributed by atoms with van der Waals surface area (Å²) in [6, 6.07) is 7.09. The summed E-state index contributed by atoms with van der Waals surface area (Å²) in [7, 11) is 0. The van der Waals surface area contributed by atoms with E-state index >= 15 is 0 Å². The molecule has 0 spiro atoms. The van der Waals surface area contributed by atoms with Crippen LogP contribution in [-0.4, -0.2) is 20.4 Å². The lowest BCUT2D eigenvalue weighted by Crippen LogP contribution is -2.23. The van der Waals surface area contributed by atoms with Crippen molar-refractivity contribution in [2.45, 2.75) is 58.9 Å². The van der Waals surface area contributed by atoms with Crippen LogP contribution in [0.2, 0.25) is 0 Å². The molecular weight excluding hydrogens is 322 g/mol. The van der Waals surface area contributed by atoms with E-state index in [1.165, 1.54) is 54.4 Å². The Morgan fingerprint density at radius 2 is 1.85 bits per heavy atom. The van der Waals surface area contributed by atoms with Crippen LogP contribution in [0.5, 0.6) is 0 Å². The highest BCUT2D eigenvalue weighted by Gasteiger charge is 2.22. The molecule has 0 unspecified atom stereocenters. The van der Waals surface area contributed by atoms with E-state index in [4.69, 9.17) is 0 Å². The number of fused-ring (bicyclic) bond motifs is 1. The van der Waals surface area contributed by atoms with E-state index in [0.717, 1.165) is 17.2 Å². The molecule has 2 N–H and O–H groups in total. The van der Waals surface area contributed by atoms with Crippen molar-refractivity contribution in [2.24, 2.45) is 0 Å². The highest BCUT2D eigenvalue weighted by atomic mass is 15.2. The molecule has 5 heteroatoms. The second-order valence-electron chi connectivity index (χ2n) is 7.53. The van der Waals surface area contributed by atoms with Crippen LogP contribution in [0, 0.1) is 32.1 Å². The number of aromatic amines is 1. The topological polar surface area (TPSA) is 68.9 Å². The van der Waals surface area contributed by atoms with E-state index in [1.54, 1.807) is 6.33 Å². The molecule has 3 aromatic rings. The van der Waals surface area contributed by atoms with Gasteiger partial charge < -0.3 is 10.3 Å². The number of aromatic nitrogens is 3. The summed E-state index contributed by atoms with van der Waals surface area (Å²) in [6.07, 6.45) is 8.01. The summed E-state index contributed by atoms with van der Waals surface area (Å²) in [5.41, 5.74) is 7.21. The summed E-state index contributed by atoms with van der Waals surface area (Å²) >= 11 is 0. The van der Waals surface area contributed by atoms with Gasteiger partial charge in [-0.2, -0.15) is 5.26 Å². The summed E-state index contributed by atoms with van der Waals surface area (Å²) in [4.78, 5) is 7.74. The lowest BCUT2D eigenvalue weighted by Gasteiger charge is -2.24. The van der Waals surface area contributed by atoms with Gasteiger partial charge in [-0.05, 0) is 44.7 Å². The van der Waals surface area contributed by atoms with Crippen molar-refractivity contribution in [3.63, 3.8) is 0 Å². The minimum absolute atomic E-state index is 0.436. The van der Waals surface area contributed by atoms with Crippen molar-refractivity contribution in [3.05, 3.63) is 40.8 Å². The highest BCUT2D eigenvalue weighted by Crippen LogP contribution is 2.36. The van der Waals surface area contributed by atoms with Gasteiger partial charge in [-0.25, -0.2) is 4.98 Å². The number of hydrogen-bond donors (Lipinski definition) is 2. The normalized spacial score (nSPS) is 15.3. The predicted octanol–water partition coefficient (Wildman–Crippen LogP) is 4.87. The van der Waals surface area contributed by atoms with Gasteiger partial charge in [-0.1, -0.05) is 37.0 Å². The molecular formula is C21H25N5. The van der Waals surface area contributed by atoms with Crippen LogP contribution in [0.3, 0.4) is 0 Å². The van der Waals surface area contributed by atoms with Gasteiger partial charge in [0.15, 0.2) is 11.3 Å². The van der Waals surface area contributed by atoms with Crippen LogP contribution in [0.1, 0.15) is 54.5 Å². The zero-order chi connectivity index (χ0) is 18.3. The van der Waals surface area contributed by atoms with E-state index < -0.39 is 0 Å². The molecule has 0 bridgehead atoms. The maximum Gasteiger partial charge on any atom is 0.183 e. The van der Waals surface area contributed by atoms with Crippen molar-refractivity contribution in [3.8, 4) is 17.3 Å². The number of H-pyrrole nitrogens is 1. The fourth-order valence-corrected chi connectivity index (χ4v) is 4.35. The van der Waals surface area contributed by atoms with Gasteiger partial charge in [0, 0.05) is 11.6 Å². The van der Waals surface area contributed by atoms with Gasteiger partial charge in [0.25, 0.3) is 0 Å². The number of benzene rings is 1. The maximum absolute atomic E-state index is 9.40. The monoisotopic (exact) mass is 347 g/mol. The first-order valence-electron chi connectivity index (χ1n) is 9.42. The third-order valence-electron chi connectivity index (χ3n) is 5.47. The SMILES string of the molecule is Cc1cc(C)c(-c2[nH]c3c(C#N)ncn3c2NC2CCCCC2)c(C)c1. The van der Waals surface area contributed by atoms with Crippen LogP contribution >= 0.6 is 0 Å². The van der Waals surface area contributed by atoms with E-state index in [1.807, 2.05) is 4.40 Å². The number of imidazole rings is 2. The predicted molar refractivity (Wildman–Crippen MR) is 104 cm³/mol. The molecule has 0 radical (unpaired) electrons. The van der Waals surface area contributed by atoms with E-state index in [9.17, 15) is 5.26 Å². The Bertz CT molecular complexity index is 972. The van der Waals surface area contributed by atoms with Crippen LogP contribution in [0.25, 0.3) is 16.9 Å². The average Bonchev–Trinajstić information content (AvgIpc) is 3.15. The van der Waals surface area contributed by atoms with E-state index in [-0.39, 0.29) is 0 Å². The zero-order valence-electron chi connectivity index (χ0n) is 15.7. The first kappa shape index (κ1) is 16.7. The fraction of sp³-hybridized carbons (Fsp3) is 0.429. The largest absolute Gasteiger partial charge is 0.367 e. The molecule has 1 saturated carbocycles. The van der Waals surface area contributed by atoms with Gasteiger partial charge in [-0.3, -0.25) is 4.40 Å². The number of anilines is 1.